The summed E-state index contributed by atoms with van der Waals surface area (Å²) in [5.74, 6) is -0.870. The summed E-state index contributed by atoms with van der Waals surface area (Å²) in [4.78, 5) is 17.6. The van der Waals surface area contributed by atoms with Gasteiger partial charge in [0.05, 0.1) is 19.0 Å². The molecule has 3 aromatic rings. The van der Waals surface area contributed by atoms with Crippen LogP contribution in [0.1, 0.15) is 15.4 Å². The summed E-state index contributed by atoms with van der Waals surface area (Å²) in [5, 5.41) is 6.31. The third-order valence-electron chi connectivity index (χ3n) is 3.92. The van der Waals surface area contributed by atoms with E-state index in [1.165, 1.54) is 30.7 Å². The fourth-order valence-corrected chi connectivity index (χ4v) is 3.50. The molecule has 1 aliphatic heterocycles. The molecule has 4 heterocycles. The Balaban J connectivity index is 1.64. The van der Waals surface area contributed by atoms with Gasteiger partial charge in [0.15, 0.2) is 0 Å². The maximum atomic E-state index is 13.3. The molecule has 25 heavy (non-hydrogen) atoms. The van der Waals surface area contributed by atoms with Gasteiger partial charge in [0, 0.05) is 29.7 Å². The van der Waals surface area contributed by atoms with Gasteiger partial charge in [-0.1, -0.05) is 0 Å². The lowest BCUT2D eigenvalue weighted by Crippen LogP contribution is -2.25. The number of anilines is 1. The van der Waals surface area contributed by atoms with Crippen LogP contribution in [-0.2, 0) is 11.4 Å². The van der Waals surface area contributed by atoms with E-state index in [9.17, 15) is 9.18 Å². The number of fused-ring (bicyclic) bond motifs is 1. The molecule has 0 atom stereocenters. The van der Waals surface area contributed by atoms with Gasteiger partial charge in [-0.15, -0.1) is 11.3 Å². The van der Waals surface area contributed by atoms with Crippen LogP contribution in [0.5, 0.6) is 0 Å². The fourth-order valence-electron chi connectivity index (χ4n) is 2.68. The van der Waals surface area contributed by atoms with Crippen molar-refractivity contribution in [3.63, 3.8) is 0 Å². The Hall–Kier alpha value is -3.00. The number of nitrogens with zero attached hydrogens (tertiary/aromatic N) is 4. The van der Waals surface area contributed by atoms with Gasteiger partial charge in [-0.3, -0.25) is 0 Å². The molecule has 0 fully saturated rings. The smallest absolute Gasteiger partial charge is 0.348 e. The first-order valence-electron chi connectivity index (χ1n) is 7.45. The summed E-state index contributed by atoms with van der Waals surface area (Å²) in [6.45, 7) is 0.462. The van der Waals surface area contributed by atoms with Gasteiger partial charge >= 0.3 is 5.97 Å². The van der Waals surface area contributed by atoms with E-state index in [0.29, 0.717) is 17.2 Å². The van der Waals surface area contributed by atoms with Crippen LogP contribution in [0.3, 0.4) is 0 Å². The molecule has 0 bridgehead atoms. The van der Waals surface area contributed by atoms with Crippen molar-refractivity contribution in [2.24, 2.45) is 0 Å². The van der Waals surface area contributed by atoms with Crippen LogP contribution in [0, 0.1) is 5.95 Å². The van der Waals surface area contributed by atoms with Crippen molar-refractivity contribution in [2.75, 3.05) is 12.0 Å². The number of aromatic nitrogens is 3. The molecule has 6 nitrogen and oxygen atoms in total. The fraction of sp³-hybridized carbons (Fsp3) is 0.118. The minimum Gasteiger partial charge on any atom is -0.465 e. The van der Waals surface area contributed by atoms with Gasteiger partial charge in [-0.25, -0.2) is 14.5 Å². The molecule has 8 heteroatoms. The van der Waals surface area contributed by atoms with Gasteiger partial charge in [0.1, 0.15) is 11.5 Å². The zero-order chi connectivity index (χ0) is 17.4. The van der Waals surface area contributed by atoms with Crippen LogP contribution in [0.4, 0.5) is 10.1 Å². The van der Waals surface area contributed by atoms with Crippen LogP contribution >= 0.6 is 11.3 Å². The van der Waals surface area contributed by atoms with Crippen molar-refractivity contribution >= 4 is 29.1 Å². The molecule has 3 aromatic heterocycles. The third-order valence-corrected chi connectivity index (χ3v) is 4.83. The van der Waals surface area contributed by atoms with Gasteiger partial charge < -0.3 is 9.64 Å². The summed E-state index contributed by atoms with van der Waals surface area (Å²) in [7, 11) is 1.36. The molecule has 0 radical (unpaired) electrons. The van der Waals surface area contributed by atoms with Gasteiger partial charge in [-0.05, 0) is 29.2 Å². The largest absolute Gasteiger partial charge is 0.465 e. The molecule has 0 aliphatic carbocycles. The number of hydrogen-bond acceptors (Lipinski definition) is 6. The lowest BCUT2D eigenvalue weighted by molar-refractivity contribution is 0.0606. The minimum absolute atomic E-state index is 0.348. The van der Waals surface area contributed by atoms with Crippen molar-refractivity contribution in [1.29, 1.82) is 0 Å². The van der Waals surface area contributed by atoms with E-state index in [-0.39, 0.29) is 5.97 Å². The second kappa shape index (κ2) is 6.14. The highest BCUT2D eigenvalue weighted by Crippen LogP contribution is 2.32. The van der Waals surface area contributed by atoms with Crippen molar-refractivity contribution in [1.82, 2.24) is 14.8 Å². The van der Waals surface area contributed by atoms with Crippen LogP contribution in [0.2, 0.25) is 0 Å². The molecule has 0 saturated heterocycles. The SMILES string of the molecule is COC(=O)c1cc(-c2cnn3c2C=CN(c2ccnc(F)c2)C3)cs1. The van der Waals surface area contributed by atoms with E-state index in [4.69, 9.17) is 4.74 Å². The standard InChI is InChI=1S/C17H13FN4O2S/c1-24-17(23)15-6-11(9-25-15)13-8-20-22-10-21(5-3-14(13)22)12-2-4-19-16(18)7-12/h2-9H,10H2,1H3. The first kappa shape index (κ1) is 15.5. The zero-order valence-corrected chi connectivity index (χ0v) is 14.0. The Morgan fingerprint density at radius 3 is 3.08 bits per heavy atom. The lowest BCUT2D eigenvalue weighted by Gasteiger charge is -2.24. The van der Waals surface area contributed by atoms with E-state index in [0.717, 1.165) is 16.8 Å². The number of hydrogen-bond donors (Lipinski definition) is 0. The predicted molar refractivity (Wildman–Crippen MR) is 92.6 cm³/mol. The monoisotopic (exact) mass is 356 g/mol. The summed E-state index contributed by atoms with van der Waals surface area (Å²) >= 11 is 1.34. The number of esters is 1. The van der Waals surface area contributed by atoms with E-state index in [1.807, 2.05) is 27.2 Å². The molecule has 126 valence electrons. The number of carbonyl (C=O) groups is 1. The summed E-state index contributed by atoms with van der Waals surface area (Å²) in [6.07, 6.45) is 6.99. The Morgan fingerprint density at radius 2 is 2.28 bits per heavy atom. The first-order valence-corrected chi connectivity index (χ1v) is 8.33. The number of halogens is 1. The third kappa shape index (κ3) is 2.80. The molecule has 0 unspecified atom stereocenters. The van der Waals surface area contributed by atoms with Gasteiger partial charge in [0.25, 0.3) is 0 Å². The summed E-state index contributed by atoms with van der Waals surface area (Å²) in [5.41, 5.74) is 3.48. The molecular weight excluding hydrogens is 343 g/mol. The Bertz CT molecular complexity index is 979. The average molecular weight is 356 g/mol. The normalized spacial score (nSPS) is 13.0. The highest BCUT2D eigenvalue weighted by atomic mass is 32.1. The molecule has 0 aromatic carbocycles. The molecule has 0 N–H and O–H groups in total. The molecule has 1 aliphatic rings. The number of rotatable bonds is 3. The number of carbonyl (C=O) groups excluding carboxylic acids is 1. The Morgan fingerprint density at radius 1 is 1.40 bits per heavy atom. The number of pyridine rings is 1. The first-order chi connectivity index (χ1) is 12.2. The highest BCUT2D eigenvalue weighted by Gasteiger charge is 2.19. The summed E-state index contributed by atoms with van der Waals surface area (Å²) in [6, 6.07) is 4.92. The van der Waals surface area contributed by atoms with E-state index < -0.39 is 5.95 Å². The van der Waals surface area contributed by atoms with E-state index in [2.05, 4.69) is 10.1 Å². The van der Waals surface area contributed by atoms with Crippen molar-refractivity contribution in [3.8, 4) is 11.1 Å². The van der Waals surface area contributed by atoms with E-state index >= 15 is 0 Å². The van der Waals surface area contributed by atoms with Crippen LogP contribution in [-0.4, -0.2) is 27.8 Å². The quantitative estimate of drug-likeness (QED) is 0.532. The number of thiophene rings is 1. The molecular formula is C17H13FN4O2S. The number of ether oxygens (including phenoxy) is 1. The van der Waals surface area contributed by atoms with Crippen LogP contribution in [0.25, 0.3) is 17.2 Å². The van der Waals surface area contributed by atoms with Crippen LogP contribution in [0.15, 0.2) is 42.2 Å². The second-order valence-corrected chi connectivity index (χ2v) is 6.31. The molecule has 4 rings (SSSR count). The second-order valence-electron chi connectivity index (χ2n) is 5.40. The van der Waals surface area contributed by atoms with Gasteiger partial charge in [-0.2, -0.15) is 9.49 Å². The van der Waals surface area contributed by atoms with Crippen molar-refractivity contribution < 1.29 is 13.9 Å². The zero-order valence-electron chi connectivity index (χ0n) is 13.2. The Labute approximate surface area is 146 Å². The van der Waals surface area contributed by atoms with Crippen LogP contribution < -0.4 is 4.90 Å². The lowest BCUT2D eigenvalue weighted by atomic mass is 10.1. The predicted octanol–water partition coefficient (Wildman–Crippen LogP) is 3.38. The molecule has 0 saturated carbocycles. The highest BCUT2D eigenvalue weighted by molar-refractivity contribution is 7.12. The minimum atomic E-state index is -0.522. The van der Waals surface area contributed by atoms with Crippen molar-refractivity contribution in [2.45, 2.75) is 6.67 Å². The van der Waals surface area contributed by atoms with E-state index in [1.54, 1.807) is 18.3 Å². The maximum Gasteiger partial charge on any atom is 0.348 e. The summed E-state index contributed by atoms with van der Waals surface area (Å²) < 4.78 is 19.9. The molecule has 0 amide bonds. The average Bonchev–Trinajstić information content (AvgIpc) is 3.27. The van der Waals surface area contributed by atoms with Gasteiger partial charge in [0.2, 0.25) is 5.95 Å². The topological polar surface area (TPSA) is 60.2 Å². The van der Waals surface area contributed by atoms with Crippen molar-refractivity contribution in [3.05, 3.63) is 58.7 Å². The Kier molecular flexibility index (Phi) is 3.81. The molecule has 0 spiro atoms. The maximum absolute atomic E-state index is 13.3. The number of methoxy groups -OCH3 is 1.